The second-order valence-electron chi connectivity index (χ2n) is 6.67. The van der Waals surface area contributed by atoms with Crippen molar-refractivity contribution in [3.8, 4) is 11.4 Å². The van der Waals surface area contributed by atoms with Crippen LogP contribution in [0.1, 0.15) is 47.7 Å². The summed E-state index contributed by atoms with van der Waals surface area (Å²) in [6.45, 7) is 4.95. The molecule has 0 amide bonds. The van der Waals surface area contributed by atoms with Gasteiger partial charge in [0.15, 0.2) is 0 Å². The number of nitrogens with zero attached hydrogens (tertiary/aromatic N) is 2. The van der Waals surface area contributed by atoms with E-state index in [1.807, 2.05) is 16.8 Å². The van der Waals surface area contributed by atoms with Crippen molar-refractivity contribution in [2.75, 3.05) is 0 Å². The van der Waals surface area contributed by atoms with Crippen LogP contribution in [0.15, 0.2) is 63.1 Å². The molecule has 3 aromatic heterocycles. The van der Waals surface area contributed by atoms with Crippen LogP contribution >= 0.6 is 22.7 Å². The van der Waals surface area contributed by atoms with Gasteiger partial charge in [0, 0.05) is 15.8 Å². The Kier molecular flexibility index (Phi) is 5.48. The molecule has 0 aliphatic heterocycles. The minimum atomic E-state index is 0.0997. The summed E-state index contributed by atoms with van der Waals surface area (Å²) in [5, 5.41) is 13.8. The standard InChI is InChI=1S/C21H21N3OS2/c1-14(2)15-5-7-16(8-6-15)20(18-4-3-10-27-18)22-12-19-23-21(24-25-19)17-9-11-26-13-17/h3-11,13-14,20,22H,12H2,1-2H3/t20-/m0/s1. The summed E-state index contributed by atoms with van der Waals surface area (Å²) < 4.78 is 5.43. The highest BCUT2D eigenvalue weighted by molar-refractivity contribution is 7.10. The van der Waals surface area contributed by atoms with Gasteiger partial charge in [-0.3, -0.25) is 5.32 Å². The lowest BCUT2D eigenvalue weighted by atomic mass is 9.98. The minimum Gasteiger partial charge on any atom is -0.338 e. The van der Waals surface area contributed by atoms with Crippen molar-refractivity contribution >= 4 is 22.7 Å². The van der Waals surface area contributed by atoms with E-state index < -0.39 is 0 Å². The molecule has 3 heterocycles. The molecule has 0 fully saturated rings. The molecule has 0 bridgehead atoms. The van der Waals surface area contributed by atoms with Gasteiger partial charge in [-0.05, 0) is 39.9 Å². The van der Waals surface area contributed by atoms with E-state index in [1.165, 1.54) is 16.0 Å². The molecule has 0 spiro atoms. The van der Waals surface area contributed by atoms with Crippen LogP contribution in [0.5, 0.6) is 0 Å². The summed E-state index contributed by atoms with van der Waals surface area (Å²) in [4.78, 5) is 5.78. The quantitative estimate of drug-likeness (QED) is 0.426. The van der Waals surface area contributed by atoms with Gasteiger partial charge in [0.25, 0.3) is 0 Å². The maximum absolute atomic E-state index is 5.43. The fourth-order valence-electron chi connectivity index (χ4n) is 2.94. The number of nitrogens with one attached hydrogen (secondary N) is 1. The van der Waals surface area contributed by atoms with Crippen molar-refractivity contribution in [3.63, 3.8) is 0 Å². The second kappa shape index (κ2) is 8.17. The molecule has 0 saturated heterocycles. The minimum absolute atomic E-state index is 0.0997. The Hall–Kier alpha value is -2.28. The third kappa shape index (κ3) is 4.18. The van der Waals surface area contributed by atoms with Crippen LogP contribution in [0.2, 0.25) is 0 Å². The first kappa shape index (κ1) is 18.1. The maximum atomic E-state index is 5.43. The summed E-state index contributed by atoms with van der Waals surface area (Å²) in [5.74, 6) is 1.76. The lowest BCUT2D eigenvalue weighted by Crippen LogP contribution is -2.21. The highest BCUT2D eigenvalue weighted by atomic mass is 32.1. The maximum Gasteiger partial charge on any atom is 0.240 e. The van der Waals surface area contributed by atoms with E-state index in [2.05, 4.69) is 71.1 Å². The van der Waals surface area contributed by atoms with Crippen molar-refractivity contribution in [1.82, 2.24) is 15.5 Å². The van der Waals surface area contributed by atoms with E-state index in [0.29, 0.717) is 24.2 Å². The molecule has 1 atom stereocenters. The number of hydrogen-bond donors (Lipinski definition) is 1. The highest BCUT2D eigenvalue weighted by Gasteiger charge is 2.17. The van der Waals surface area contributed by atoms with Crippen molar-refractivity contribution in [3.05, 3.63) is 80.5 Å². The Morgan fingerprint density at radius 1 is 1.04 bits per heavy atom. The summed E-state index contributed by atoms with van der Waals surface area (Å²) in [6, 6.07) is 15.2. The molecule has 1 N–H and O–H groups in total. The Bertz CT molecular complexity index is 957. The highest BCUT2D eigenvalue weighted by Crippen LogP contribution is 2.28. The molecular formula is C21H21N3OS2. The predicted molar refractivity (Wildman–Crippen MR) is 111 cm³/mol. The van der Waals surface area contributed by atoms with Gasteiger partial charge < -0.3 is 4.52 Å². The molecule has 4 aromatic rings. The lowest BCUT2D eigenvalue weighted by Gasteiger charge is -2.18. The summed E-state index contributed by atoms with van der Waals surface area (Å²) in [7, 11) is 0. The Labute approximate surface area is 166 Å². The summed E-state index contributed by atoms with van der Waals surface area (Å²) in [6.07, 6.45) is 0. The zero-order valence-electron chi connectivity index (χ0n) is 15.3. The molecule has 0 aliphatic rings. The molecule has 0 radical (unpaired) electrons. The second-order valence-corrected chi connectivity index (χ2v) is 8.43. The first-order valence-corrected chi connectivity index (χ1v) is 10.7. The van der Waals surface area contributed by atoms with Gasteiger partial charge in [0.1, 0.15) is 0 Å². The number of benzene rings is 1. The van der Waals surface area contributed by atoms with Crippen LogP contribution in [0.4, 0.5) is 0 Å². The summed E-state index contributed by atoms with van der Waals surface area (Å²) >= 11 is 3.37. The monoisotopic (exact) mass is 395 g/mol. The third-order valence-corrected chi connectivity index (χ3v) is 6.09. The van der Waals surface area contributed by atoms with Gasteiger partial charge in [-0.25, -0.2) is 0 Å². The van der Waals surface area contributed by atoms with Gasteiger partial charge in [-0.1, -0.05) is 49.3 Å². The molecular weight excluding hydrogens is 374 g/mol. The lowest BCUT2D eigenvalue weighted by molar-refractivity contribution is 0.363. The van der Waals surface area contributed by atoms with E-state index in [-0.39, 0.29) is 6.04 Å². The summed E-state index contributed by atoms with van der Waals surface area (Å²) in [5.41, 5.74) is 3.58. The first-order chi connectivity index (χ1) is 13.2. The predicted octanol–water partition coefficient (Wildman–Crippen LogP) is 5.86. The van der Waals surface area contributed by atoms with Gasteiger partial charge in [-0.2, -0.15) is 16.3 Å². The SMILES string of the molecule is CC(C)c1ccc([C@H](NCc2nc(-c3ccsc3)no2)c2cccs2)cc1. The molecule has 4 nitrogen and oxygen atoms in total. The molecule has 0 saturated carbocycles. The Balaban J connectivity index is 1.52. The molecule has 27 heavy (non-hydrogen) atoms. The van der Waals surface area contributed by atoms with Gasteiger partial charge in [0.2, 0.25) is 11.7 Å². The molecule has 6 heteroatoms. The number of thiophene rings is 2. The topological polar surface area (TPSA) is 51.0 Å². The van der Waals surface area contributed by atoms with Gasteiger partial charge in [-0.15, -0.1) is 11.3 Å². The molecule has 4 rings (SSSR count). The van der Waals surface area contributed by atoms with Crippen molar-refractivity contribution < 1.29 is 4.52 Å². The Morgan fingerprint density at radius 2 is 1.85 bits per heavy atom. The van der Waals surface area contributed by atoms with Crippen LogP contribution in [-0.2, 0) is 6.54 Å². The van der Waals surface area contributed by atoms with Crippen LogP contribution < -0.4 is 5.32 Å². The molecule has 1 aromatic carbocycles. The van der Waals surface area contributed by atoms with Crippen LogP contribution in [0.25, 0.3) is 11.4 Å². The van der Waals surface area contributed by atoms with Gasteiger partial charge in [0.05, 0.1) is 12.6 Å². The van der Waals surface area contributed by atoms with Crippen molar-refractivity contribution in [1.29, 1.82) is 0 Å². The largest absolute Gasteiger partial charge is 0.338 e. The van der Waals surface area contributed by atoms with Crippen molar-refractivity contribution in [2.24, 2.45) is 0 Å². The molecule has 0 unspecified atom stereocenters. The van der Waals surface area contributed by atoms with E-state index in [4.69, 9.17) is 4.52 Å². The Morgan fingerprint density at radius 3 is 2.52 bits per heavy atom. The number of aromatic nitrogens is 2. The smallest absolute Gasteiger partial charge is 0.240 e. The third-order valence-electron chi connectivity index (χ3n) is 4.47. The fourth-order valence-corrected chi connectivity index (χ4v) is 4.40. The number of rotatable bonds is 7. The normalized spacial score (nSPS) is 12.6. The first-order valence-electron chi connectivity index (χ1n) is 8.92. The average molecular weight is 396 g/mol. The van der Waals surface area contributed by atoms with E-state index in [0.717, 1.165) is 5.56 Å². The molecule has 138 valence electrons. The van der Waals surface area contributed by atoms with E-state index in [9.17, 15) is 0 Å². The fraction of sp³-hybridized carbons (Fsp3) is 0.238. The zero-order chi connectivity index (χ0) is 18.6. The van der Waals surface area contributed by atoms with E-state index in [1.54, 1.807) is 22.7 Å². The van der Waals surface area contributed by atoms with Crippen molar-refractivity contribution in [2.45, 2.75) is 32.4 Å². The van der Waals surface area contributed by atoms with Crippen LogP contribution in [0.3, 0.4) is 0 Å². The number of hydrogen-bond acceptors (Lipinski definition) is 6. The molecule has 0 aliphatic carbocycles. The van der Waals surface area contributed by atoms with E-state index >= 15 is 0 Å². The van der Waals surface area contributed by atoms with Gasteiger partial charge >= 0.3 is 0 Å². The van der Waals surface area contributed by atoms with Crippen LogP contribution in [-0.4, -0.2) is 10.1 Å². The average Bonchev–Trinajstić information content (AvgIpc) is 3.44. The zero-order valence-corrected chi connectivity index (χ0v) is 16.9. The van der Waals surface area contributed by atoms with Crippen LogP contribution in [0, 0.1) is 0 Å².